The SMILES string of the molecule is CS(=O)(=O)c1ccc(CC(=O)Nc2cc3c(c(-c4cc5ccccc5s4)c2)CN=C3)cc1. The minimum absolute atomic E-state index is 0.158. The molecule has 0 bridgehead atoms. The largest absolute Gasteiger partial charge is 0.326 e. The Morgan fingerprint density at radius 2 is 1.84 bits per heavy atom. The number of anilines is 1. The maximum absolute atomic E-state index is 12.7. The molecular weight excluding hydrogens is 440 g/mol. The van der Waals surface area contributed by atoms with Crippen molar-refractivity contribution in [3.05, 3.63) is 83.4 Å². The Bertz CT molecular complexity index is 1450. The van der Waals surface area contributed by atoms with E-state index in [1.54, 1.807) is 23.5 Å². The highest BCUT2D eigenvalue weighted by molar-refractivity contribution is 7.90. The summed E-state index contributed by atoms with van der Waals surface area (Å²) in [6.45, 7) is 0.639. The van der Waals surface area contributed by atoms with Crippen LogP contribution < -0.4 is 5.32 Å². The van der Waals surface area contributed by atoms with Gasteiger partial charge in [-0.1, -0.05) is 30.3 Å². The molecule has 32 heavy (non-hydrogen) atoms. The number of sulfone groups is 1. The van der Waals surface area contributed by atoms with Crippen molar-refractivity contribution in [2.24, 2.45) is 4.99 Å². The van der Waals surface area contributed by atoms with Gasteiger partial charge in [-0.15, -0.1) is 11.3 Å². The van der Waals surface area contributed by atoms with E-state index in [4.69, 9.17) is 0 Å². The van der Waals surface area contributed by atoms with E-state index in [0.29, 0.717) is 6.54 Å². The van der Waals surface area contributed by atoms with Crippen molar-refractivity contribution in [1.29, 1.82) is 0 Å². The number of aliphatic imine (C=N–C) groups is 1. The maximum atomic E-state index is 12.7. The first-order chi connectivity index (χ1) is 15.4. The van der Waals surface area contributed by atoms with E-state index >= 15 is 0 Å². The minimum Gasteiger partial charge on any atom is -0.326 e. The van der Waals surface area contributed by atoms with Gasteiger partial charge in [0, 0.05) is 33.3 Å². The number of hydrogen-bond donors (Lipinski definition) is 1. The molecule has 2 heterocycles. The second-order valence-corrected chi connectivity index (χ2v) is 11.0. The molecule has 4 aromatic rings. The summed E-state index contributed by atoms with van der Waals surface area (Å²) >= 11 is 1.73. The van der Waals surface area contributed by atoms with Gasteiger partial charge in [0.1, 0.15) is 0 Å². The molecule has 160 valence electrons. The van der Waals surface area contributed by atoms with Crippen LogP contribution in [-0.4, -0.2) is 26.8 Å². The van der Waals surface area contributed by atoms with E-state index in [-0.39, 0.29) is 17.2 Å². The molecule has 0 saturated heterocycles. The second-order valence-electron chi connectivity index (χ2n) is 7.85. The average molecular weight is 461 g/mol. The zero-order chi connectivity index (χ0) is 22.3. The first-order valence-electron chi connectivity index (χ1n) is 10.1. The first kappa shape index (κ1) is 20.6. The van der Waals surface area contributed by atoms with Gasteiger partial charge in [0.05, 0.1) is 17.9 Å². The Balaban J connectivity index is 1.41. The molecule has 1 amide bonds. The predicted octanol–water partition coefficient (Wildman–Crippen LogP) is 5.09. The number of thiophene rings is 1. The lowest BCUT2D eigenvalue weighted by Gasteiger charge is -2.12. The molecule has 1 aliphatic rings. The van der Waals surface area contributed by atoms with Crippen LogP contribution in [0.4, 0.5) is 5.69 Å². The van der Waals surface area contributed by atoms with Crippen LogP contribution in [0.2, 0.25) is 0 Å². The van der Waals surface area contributed by atoms with Gasteiger partial charge in [0.2, 0.25) is 5.91 Å². The highest BCUT2D eigenvalue weighted by atomic mass is 32.2. The summed E-state index contributed by atoms with van der Waals surface area (Å²) in [6.07, 6.45) is 3.18. The molecule has 0 spiro atoms. The van der Waals surface area contributed by atoms with E-state index in [0.717, 1.165) is 27.3 Å². The van der Waals surface area contributed by atoms with Crippen molar-refractivity contribution < 1.29 is 13.2 Å². The third-order valence-electron chi connectivity index (χ3n) is 5.46. The van der Waals surface area contributed by atoms with Crippen LogP contribution in [0, 0.1) is 0 Å². The van der Waals surface area contributed by atoms with Gasteiger partial charge in [-0.2, -0.15) is 0 Å². The third kappa shape index (κ3) is 4.09. The van der Waals surface area contributed by atoms with Gasteiger partial charge in [0.15, 0.2) is 9.84 Å². The number of nitrogens with one attached hydrogen (secondary N) is 1. The lowest BCUT2D eigenvalue weighted by Crippen LogP contribution is -2.15. The van der Waals surface area contributed by atoms with Gasteiger partial charge in [-0.25, -0.2) is 8.42 Å². The van der Waals surface area contributed by atoms with Crippen molar-refractivity contribution in [2.45, 2.75) is 17.9 Å². The average Bonchev–Trinajstić information content (AvgIpc) is 3.39. The summed E-state index contributed by atoms with van der Waals surface area (Å²) in [7, 11) is -3.26. The van der Waals surface area contributed by atoms with E-state index < -0.39 is 9.84 Å². The number of carbonyl (C=O) groups excluding carboxylic acids is 1. The Labute approximate surface area is 190 Å². The molecule has 0 fully saturated rings. The number of amides is 1. The summed E-state index contributed by atoms with van der Waals surface area (Å²) in [6, 6.07) is 20.8. The van der Waals surface area contributed by atoms with E-state index in [1.165, 1.54) is 34.0 Å². The van der Waals surface area contributed by atoms with Crippen LogP contribution in [0.5, 0.6) is 0 Å². The van der Waals surface area contributed by atoms with Gasteiger partial charge >= 0.3 is 0 Å². The topological polar surface area (TPSA) is 75.6 Å². The molecule has 0 atom stereocenters. The van der Waals surface area contributed by atoms with Crippen LogP contribution >= 0.6 is 11.3 Å². The molecule has 3 aromatic carbocycles. The van der Waals surface area contributed by atoms with Crippen molar-refractivity contribution >= 4 is 49.1 Å². The van der Waals surface area contributed by atoms with Crippen LogP contribution in [0.1, 0.15) is 16.7 Å². The monoisotopic (exact) mass is 460 g/mol. The van der Waals surface area contributed by atoms with Crippen molar-refractivity contribution in [2.75, 3.05) is 11.6 Å². The molecule has 0 radical (unpaired) electrons. The number of nitrogens with zero attached hydrogens (tertiary/aromatic N) is 1. The highest BCUT2D eigenvalue weighted by Crippen LogP contribution is 2.39. The highest BCUT2D eigenvalue weighted by Gasteiger charge is 2.18. The Hall–Kier alpha value is -3.29. The van der Waals surface area contributed by atoms with Gasteiger partial charge in [-0.3, -0.25) is 9.79 Å². The molecular formula is C25H20N2O3S2. The zero-order valence-electron chi connectivity index (χ0n) is 17.3. The zero-order valence-corrected chi connectivity index (χ0v) is 19.0. The Morgan fingerprint density at radius 1 is 1.06 bits per heavy atom. The number of fused-ring (bicyclic) bond motifs is 2. The molecule has 1 aromatic heterocycles. The van der Waals surface area contributed by atoms with E-state index in [1.807, 2.05) is 30.5 Å². The molecule has 1 aliphatic heterocycles. The summed E-state index contributed by atoms with van der Waals surface area (Å²) in [5, 5.41) is 4.20. The van der Waals surface area contributed by atoms with Crippen LogP contribution in [0.25, 0.3) is 20.5 Å². The number of hydrogen-bond acceptors (Lipinski definition) is 5. The maximum Gasteiger partial charge on any atom is 0.228 e. The summed E-state index contributed by atoms with van der Waals surface area (Å²) < 4.78 is 24.5. The summed E-state index contributed by atoms with van der Waals surface area (Å²) in [5.74, 6) is -0.158. The van der Waals surface area contributed by atoms with Crippen molar-refractivity contribution in [1.82, 2.24) is 0 Å². The number of rotatable bonds is 5. The number of carbonyl (C=O) groups is 1. The normalized spacial score (nSPS) is 12.8. The molecule has 0 aliphatic carbocycles. The Kier molecular flexibility index (Phi) is 5.15. The Morgan fingerprint density at radius 3 is 2.59 bits per heavy atom. The lowest BCUT2D eigenvalue weighted by molar-refractivity contribution is -0.115. The summed E-state index contributed by atoms with van der Waals surface area (Å²) in [4.78, 5) is 18.5. The molecule has 0 saturated carbocycles. The molecule has 7 heteroatoms. The van der Waals surface area contributed by atoms with Crippen molar-refractivity contribution in [3.8, 4) is 10.4 Å². The predicted molar refractivity (Wildman–Crippen MR) is 130 cm³/mol. The van der Waals surface area contributed by atoms with Gasteiger partial charge < -0.3 is 5.32 Å². The second kappa shape index (κ2) is 8.00. The molecule has 1 N–H and O–H groups in total. The fourth-order valence-corrected chi connectivity index (χ4v) is 5.61. The third-order valence-corrected chi connectivity index (χ3v) is 7.73. The van der Waals surface area contributed by atoms with Crippen LogP contribution in [0.3, 0.4) is 0 Å². The van der Waals surface area contributed by atoms with Crippen LogP contribution in [-0.2, 0) is 27.6 Å². The molecule has 5 nitrogen and oxygen atoms in total. The van der Waals surface area contributed by atoms with Crippen molar-refractivity contribution in [3.63, 3.8) is 0 Å². The molecule has 5 rings (SSSR count). The lowest BCUT2D eigenvalue weighted by atomic mass is 10.00. The van der Waals surface area contributed by atoms with Crippen LogP contribution in [0.15, 0.2) is 76.6 Å². The van der Waals surface area contributed by atoms with Gasteiger partial charge in [0.25, 0.3) is 0 Å². The minimum atomic E-state index is -3.26. The standard InChI is InChI=1S/C25H20N2O3S2/c1-32(29,30)20-8-6-16(7-9-20)10-25(28)27-19-11-18-14-26-15-22(18)21(13-19)24-12-17-4-2-3-5-23(17)31-24/h2-9,11-14H,10,15H2,1H3,(H,27,28). The summed E-state index contributed by atoms with van der Waals surface area (Å²) in [5.41, 5.74) is 4.76. The fourth-order valence-electron chi connectivity index (χ4n) is 3.87. The smallest absolute Gasteiger partial charge is 0.228 e. The quantitative estimate of drug-likeness (QED) is 0.451. The fraction of sp³-hybridized carbons (Fsp3) is 0.120. The molecule has 0 unspecified atom stereocenters. The first-order valence-corrected chi connectivity index (χ1v) is 12.8. The van der Waals surface area contributed by atoms with Gasteiger partial charge in [-0.05, 0) is 58.5 Å². The number of benzene rings is 3. The van der Waals surface area contributed by atoms with E-state index in [9.17, 15) is 13.2 Å². The van der Waals surface area contributed by atoms with E-state index in [2.05, 4.69) is 28.5 Å².